The molecule has 0 aromatic heterocycles. The number of amides is 1. The van der Waals surface area contributed by atoms with E-state index in [1.807, 2.05) is 0 Å². The lowest BCUT2D eigenvalue weighted by atomic mass is 10.1. The Labute approximate surface area is 120 Å². The van der Waals surface area contributed by atoms with Crippen molar-refractivity contribution in [3.63, 3.8) is 0 Å². The quantitative estimate of drug-likeness (QED) is 0.918. The van der Waals surface area contributed by atoms with Gasteiger partial charge in [0.2, 0.25) is 0 Å². The summed E-state index contributed by atoms with van der Waals surface area (Å²) >= 11 is 0. The fourth-order valence-corrected chi connectivity index (χ4v) is 2.71. The molecule has 0 aliphatic carbocycles. The molecule has 20 heavy (non-hydrogen) atoms. The maximum atomic E-state index is 13.0. The Balaban J connectivity index is 1.87. The van der Waals surface area contributed by atoms with E-state index in [1.54, 1.807) is 13.0 Å². The van der Waals surface area contributed by atoms with E-state index in [0.29, 0.717) is 29.6 Å². The van der Waals surface area contributed by atoms with E-state index in [-0.39, 0.29) is 11.7 Å². The molecule has 3 nitrogen and oxygen atoms in total. The molecule has 1 heterocycles. The minimum Gasteiger partial charge on any atom is -0.352 e. The highest BCUT2D eigenvalue weighted by Crippen LogP contribution is 2.18. The second-order valence-electron chi connectivity index (χ2n) is 5.91. The second kappa shape index (κ2) is 6.35. The molecule has 4 heteroatoms. The minimum atomic E-state index is -0.303. The molecule has 1 aromatic carbocycles. The molecule has 0 spiro atoms. The van der Waals surface area contributed by atoms with Gasteiger partial charge >= 0.3 is 0 Å². The number of rotatable bonds is 4. The van der Waals surface area contributed by atoms with Crippen molar-refractivity contribution in [3.05, 3.63) is 35.1 Å². The Kier molecular flexibility index (Phi) is 4.76. The Hall–Kier alpha value is -1.42. The predicted octanol–water partition coefficient (Wildman–Crippen LogP) is 2.59. The van der Waals surface area contributed by atoms with E-state index >= 15 is 0 Å². The third-order valence-electron chi connectivity index (χ3n) is 4.03. The van der Waals surface area contributed by atoms with Gasteiger partial charge in [-0.2, -0.15) is 0 Å². The van der Waals surface area contributed by atoms with Gasteiger partial charge in [-0.15, -0.1) is 0 Å². The molecular formula is C16H23FN2O. The van der Waals surface area contributed by atoms with E-state index in [0.717, 1.165) is 19.5 Å². The average Bonchev–Trinajstić information content (AvgIpc) is 2.85. The maximum absolute atomic E-state index is 13.0. The van der Waals surface area contributed by atoms with Gasteiger partial charge in [-0.1, -0.05) is 0 Å². The van der Waals surface area contributed by atoms with Crippen LogP contribution in [0.25, 0.3) is 0 Å². The van der Waals surface area contributed by atoms with E-state index in [1.165, 1.54) is 12.1 Å². The largest absolute Gasteiger partial charge is 0.352 e. The molecule has 1 atom stereocenters. The van der Waals surface area contributed by atoms with Crippen molar-refractivity contribution in [3.8, 4) is 0 Å². The fraction of sp³-hybridized carbons (Fsp3) is 0.562. The number of aryl methyl sites for hydroxylation is 1. The highest BCUT2D eigenvalue weighted by atomic mass is 19.1. The van der Waals surface area contributed by atoms with Gasteiger partial charge in [0.1, 0.15) is 5.82 Å². The summed E-state index contributed by atoms with van der Waals surface area (Å²) in [6, 6.07) is 4.84. The van der Waals surface area contributed by atoms with Crippen LogP contribution in [0.4, 0.5) is 4.39 Å². The summed E-state index contributed by atoms with van der Waals surface area (Å²) in [5.74, 6) is 0.106. The van der Waals surface area contributed by atoms with Gasteiger partial charge in [-0.25, -0.2) is 4.39 Å². The van der Waals surface area contributed by atoms with Crippen molar-refractivity contribution in [2.24, 2.45) is 5.92 Å². The highest BCUT2D eigenvalue weighted by Gasteiger charge is 2.24. The number of carbonyl (C=O) groups excluding carboxylic acids is 1. The number of benzene rings is 1. The molecule has 1 aromatic rings. The molecule has 0 radical (unpaired) electrons. The number of likely N-dealkylation sites (tertiary alicyclic amines) is 1. The smallest absolute Gasteiger partial charge is 0.251 e. The van der Waals surface area contributed by atoms with Crippen molar-refractivity contribution in [2.45, 2.75) is 33.2 Å². The first-order chi connectivity index (χ1) is 9.47. The Morgan fingerprint density at radius 2 is 2.25 bits per heavy atom. The molecule has 1 unspecified atom stereocenters. The van der Waals surface area contributed by atoms with Crippen LogP contribution in [0, 0.1) is 18.7 Å². The summed E-state index contributed by atoms with van der Waals surface area (Å²) < 4.78 is 13.0. The molecule has 2 rings (SSSR count). The summed E-state index contributed by atoms with van der Waals surface area (Å²) in [6.07, 6.45) is 1.13. The molecule has 110 valence electrons. The fourth-order valence-electron chi connectivity index (χ4n) is 2.71. The molecule has 1 aliphatic rings. The summed E-state index contributed by atoms with van der Waals surface area (Å²) in [5.41, 5.74) is 1.24. The average molecular weight is 278 g/mol. The normalized spacial score (nSPS) is 19.6. The van der Waals surface area contributed by atoms with Crippen LogP contribution in [0.15, 0.2) is 18.2 Å². The summed E-state index contributed by atoms with van der Waals surface area (Å²) in [5, 5.41) is 2.97. The Morgan fingerprint density at radius 1 is 1.50 bits per heavy atom. The molecule has 1 aliphatic heterocycles. The number of nitrogens with one attached hydrogen (secondary N) is 1. The molecular weight excluding hydrogens is 255 g/mol. The Morgan fingerprint density at radius 3 is 2.85 bits per heavy atom. The van der Waals surface area contributed by atoms with Crippen LogP contribution in [-0.2, 0) is 0 Å². The number of hydrogen-bond donors (Lipinski definition) is 1. The number of nitrogens with zero attached hydrogens (tertiary/aromatic N) is 1. The van der Waals surface area contributed by atoms with Gasteiger partial charge in [0.15, 0.2) is 0 Å². The highest BCUT2D eigenvalue weighted by molar-refractivity contribution is 5.95. The van der Waals surface area contributed by atoms with Gasteiger partial charge in [-0.05, 0) is 63.4 Å². The summed E-state index contributed by atoms with van der Waals surface area (Å²) in [6.45, 7) is 8.99. The lowest BCUT2D eigenvalue weighted by Crippen LogP contribution is -2.33. The van der Waals surface area contributed by atoms with Crippen LogP contribution in [0.3, 0.4) is 0 Å². The monoisotopic (exact) mass is 278 g/mol. The zero-order chi connectivity index (χ0) is 14.7. The van der Waals surface area contributed by atoms with Gasteiger partial charge in [0.25, 0.3) is 5.91 Å². The third kappa shape index (κ3) is 3.57. The zero-order valence-corrected chi connectivity index (χ0v) is 12.4. The van der Waals surface area contributed by atoms with E-state index in [4.69, 9.17) is 0 Å². The lowest BCUT2D eigenvalue weighted by Gasteiger charge is -2.20. The van der Waals surface area contributed by atoms with Crippen molar-refractivity contribution in [1.82, 2.24) is 10.2 Å². The first-order valence-corrected chi connectivity index (χ1v) is 7.25. The summed E-state index contributed by atoms with van der Waals surface area (Å²) in [7, 11) is 0. The SMILES string of the molecule is Cc1cc(F)ccc1C(=O)NCC1CCN(C(C)C)C1. The maximum Gasteiger partial charge on any atom is 0.251 e. The van der Waals surface area contributed by atoms with Crippen molar-refractivity contribution < 1.29 is 9.18 Å². The van der Waals surface area contributed by atoms with Crippen LogP contribution in [0.2, 0.25) is 0 Å². The Bertz CT molecular complexity index is 487. The minimum absolute atomic E-state index is 0.106. The molecule has 0 bridgehead atoms. The molecule has 1 amide bonds. The van der Waals surface area contributed by atoms with E-state index < -0.39 is 0 Å². The zero-order valence-electron chi connectivity index (χ0n) is 12.4. The van der Waals surface area contributed by atoms with Crippen LogP contribution in [-0.4, -0.2) is 36.5 Å². The van der Waals surface area contributed by atoms with Gasteiger partial charge in [0, 0.05) is 24.7 Å². The van der Waals surface area contributed by atoms with Crippen LogP contribution >= 0.6 is 0 Å². The van der Waals surface area contributed by atoms with Gasteiger partial charge in [0.05, 0.1) is 0 Å². The van der Waals surface area contributed by atoms with Crippen LogP contribution in [0.1, 0.15) is 36.2 Å². The number of halogens is 1. The topological polar surface area (TPSA) is 32.3 Å². The molecule has 1 N–H and O–H groups in total. The third-order valence-corrected chi connectivity index (χ3v) is 4.03. The van der Waals surface area contributed by atoms with Gasteiger partial charge in [-0.3, -0.25) is 4.79 Å². The molecule has 0 saturated carbocycles. The lowest BCUT2D eigenvalue weighted by molar-refractivity contribution is 0.0946. The van der Waals surface area contributed by atoms with Crippen molar-refractivity contribution in [1.29, 1.82) is 0 Å². The van der Waals surface area contributed by atoms with Crippen molar-refractivity contribution >= 4 is 5.91 Å². The second-order valence-corrected chi connectivity index (χ2v) is 5.91. The molecule has 1 saturated heterocycles. The summed E-state index contributed by atoms with van der Waals surface area (Å²) in [4.78, 5) is 14.5. The first-order valence-electron chi connectivity index (χ1n) is 7.25. The number of carbonyl (C=O) groups is 1. The van der Waals surface area contributed by atoms with Gasteiger partial charge < -0.3 is 10.2 Å². The van der Waals surface area contributed by atoms with E-state index in [2.05, 4.69) is 24.1 Å². The predicted molar refractivity (Wildman–Crippen MR) is 78.3 cm³/mol. The number of hydrogen-bond acceptors (Lipinski definition) is 2. The first kappa shape index (κ1) is 15.0. The van der Waals surface area contributed by atoms with E-state index in [9.17, 15) is 9.18 Å². The van der Waals surface area contributed by atoms with Crippen LogP contribution < -0.4 is 5.32 Å². The van der Waals surface area contributed by atoms with Crippen LogP contribution in [0.5, 0.6) is 0 Å². The standard InChI is InChI=1S/C16H23FN2O/c1-11(2)19-7-6-13(10-19)9-18-16(20)15-5-4-14(17)8-12(15)3/h4-5,8,11,13H,6-7,9-10H2,1-3H3,(H,18,20). The van der Waals surface area contributed by atoms with Crippen molar-refractivity contribution in [2.75, 3.05) is 19.6 Å². The molecule has 1 fully saturated rings.